The molecule has 0 N–H and O–H groups in total. The lowest BCUT2D eigenvalue weighted by Crippen LogP contribution is -2.30. The van der Waals surface area contributed by atoms with Crippen molar-refractivity contribution in [1.82, 2.24) is 24.1 Å². The van der Waals surface area contributed by atoms with Crippen molar-refractivity contribution in [1.29, 1.82) is 0 Å². The van der Waals surface area contributed by atoms with Gasteiger partial charge in [0.25, 0.3) is 5.56 Å². The molecule has 2 aliphatic heterocycles. The summed E-state index contributed by atoms with van der Waals surface area (Å²) in [4.78, 5) is 22.7. The largest absolute Gasteiger partial charge is 0.377 e. The minimum atomic E-state index is -0.515. The second kappa shape index (κ2) is 9.06. The maximum Gasteiger partial charge on any atom is 0.261 e. The first kappa shape index (κ1) is 23.3. The molecular weight excluding hydrogens is 485 g/mol. The van der Waals surface area contributed by atoms with E-state index in [1.807, 2.05) is 17.1 Å². The summed E-state index contributed by atoms with van der Waals surface area (Å²) in [5, 5.41) is 4.77. The van der Waals surface area contributed by atoms with E-state index in [1.54, 1.807) is 32.2 Å². The number of halogens is 2. The Hall–Kier alpha value is -3.14. The van der Waals surface area contributed by atoms with Crippen molar-refractivity contribution in [3.8, 4) is 11.3 Å². The van der Waals surface area contributed by atoms with Crippen LogP contribution in [0.25, 0.3) is 16.9 Å². The van der Waals surface area contributed by atoms with Gasteiger partial charge in [-0.05, 0) is 44.9 Å². The molecule has 8 nitrogen and oxygen atoms in total. The molecule has 0 spiro atoms. The van der Waals surface area contributed by atoms with Crippen molar-refractivity contribution >= 4 is 17.2 Å². The van der Waals surface area contributed by atoms with Gasteiger partial charge in [-0.3, -0.25) is 13.9 Å². The fourth-order valence-corrected chi connectivity index (χ4v) is 4.97. The lowest BCUT2D eigenvalue weighted by molar-refractivity contribution is -0.0290. The SMILES string of the molecule is Cc1nc2c(-c3ccc(Cl)cc3F)nc([C@@H]3CCO[C@H](c4cnn(C5COC5)c4)C3)cn2c(=O)c1C. The van der Waals surface area contributed by atoms with Gasteiger partial charge >= 0.3 is 0 Å². The Kier molecular flexibility index (Phi) is 5.86. The average Bonchev–Trinajstić information content (AvgIpc) is 3.31. The van der Waals surface area contributed by atoms with Crippen LogP contribution in [-0.4, -0.2) is 44.0 Å². The number of ether oxygens (including phenoxy) is 2. The van der Waals surface area contributed by atoms with Crippen LogP contribution in [0.15, 0.2) is 41.6 Å². The van der Waals surface area contributed by atoms with Crippen LogP contribution in [0.3, 0.4) is 0 Å². The molecule has 2 aliphatic rings. The molecule has 2 atom stereocenters. The molecule has 0 aliphatic carbocycles. The van der Waals surface area contributed by atoms with Gasteiger partial charge < -0.3 is 9.47 Å². The molecule has 3 aromatic heterocycles. The van der Waals surface area contributed by atoms with Gasteiger partial charge in [0.05, 0.1) is 37.3 Å². The molecule has 2 saturated heterocycles. The normalized spacial score (nSPS) is 20.6. The second-order valence-corrected chi connectivity index (χ2v) is 9.92. The van der Waals surface area contributed by atoms with Gasteiger partial charge in [0.2, 0.25) is 0 Å². The van der Waals surface area contributed by atoms with Crippen LogP contribution in [0.5, 0.6) is 0 Å². The summed E-state index contributed by atoms with van der Waals surface area (Å²) in [6.07, 6.45) is 6.85. The van der Waals surface area contributed by atoms with Gasteiger partial charge in [0.15, 0.2) is 5.65 Å². The molecule has 10 heteroatoms. The molecule has 0 saturated carbocycles. The van der Waals surface area contributed by atoms with E-state index in [4.69, 9.17) is 26.1 Å². The van der Waals surface area contributed by atoms with Crippen molar-refractivity contribution in [3.63, 3.8) is 0 Å². The van der Waals surface area contributed by atoms with Crippen molar-refractivity contribution in [2.24, 2.45) is 0 Å². The van der Waals surface area contributed by atoms with E-state index in [1.165, 1.54) is 10.5 Å². The Bertz CT molecular complexity index is 1530. The van der Waals surface area contributed by atoms with E-state index in [0.29, 0.717) is 54.5 Å². The summed E-state index contributed by atoms with van der Waals surface area (Å²) in [7, 11) is 0. The molecule has 0 amide bonds. The first-order valence-electron chi connectivity index (χ1n) is 12.0. The minimum absolute atomic E-state index is 0.00570. The van der Waals surface area contributed by atoms with E-state index >= 15 is 4.39 Å². The standard InChI is InChI=1S/C26H25ClFN5O3/c1-14-15(2)30-25-24(20-4-3-18(27)8-21(20)28)31-22(11-32(25)26(14)34)16-5-6-36-23(7-16)17-9-29-33(10-17)19-12-35-13-19/h3-4,8-11,16,19,23H,5-7,12-13H2,1-2H3/t16-,23+/m1/s1. The Morgan fingerprint density at radius 1 is 1.17 bits per heavy atom. The van der Waals surface area contributed by atoms with Crippen LogP contribution in [0.1, 0.15) is 53.4 Å². The first-order chi connectivity index (χ1) is 17.4. The zero-order valence-corrected chi connectivity index (χ0v) is 20.7. The summed E-state index contributed by atoms with van der Waals surface area (Å²) in [6, 6.07) is 4.70. The molecule has 5 heterocycles. The van der Waals surface area contributed by atoms with Gasteiger partial charge in [-0.25, -0.2) is 14.4 Å². The molecule has 0 unspecified atom stereocenters. The predicted octanol–water partition coefficient (Wildman–Crippen LogP) is 4.57. The van der Waals surface area contributed by atoms with Gasteiger partial charge in [-0.2, -0.15) is 5.10 Å². The van der Waals surface area contributed by atoms with E-state index in [2.05, 4.69) is 10.1 Å². The number of rotatable bonds is 4. The maximum atomic E-state index is 15.0. The van der Waals surface area contributed by atoms with Crippen LogP contribution in [0.2, 0.25) is 5.02 Å². The molecule has 6 rings (SSSR count). The third-order valence-corrected chi connectivity index (χ3v) is 7.41. The number of fused-ring (bicyclic) bond motifs is 1. The lowest BCUT2D eigenvalue weighted by Gasteiger charge is -2.29. The first-order valence-corrected chi connectivity index (χ1v) is 12.4. The highest BCUT2D eigenvalue weighted by Gasteiger charge is 2.30. The number of aromatic nitrogens is 5. The van der Waals surface area contributed by atoms with Crippen molar-refractivity contribution in [2.75, 3.05) is 19.8 Å². The number of nitrogens with zero attached hydrogens (tertiary/aromatic N) is 5. The van der Waals surface area contributed by atoms with Crippen LogP contribution in [-0.2, 0) is 9.47 Å². The molecule has 1 aromatic carbocycles. The van der Waals surface area contributed by atoms with Crippen molar-refractivity contribution < 1.29 is 13.9 Å². The summed E-state index contributed by atoms with van der Waals surface area (Å²) < 4.78 is 29.8. The smallest absolute Gasteiger partial charge is 0.261 e. The molecule has 0 bridgehead atoms. The second-order valence-electron chi connectivity index (χ2n) is 9.49. The Morgan fingerprint density at radius 3 is 2.75 bits per heavy atom. The van der Waals surface area contributed by atoms with Gasteiger partial charge in [0.1, 0.15) is 11.5 Å². The fourth-order valence-electron chi connectivity index (χ4n) is 4.81. The lowest BCUT2D eigenvalue weighted by atomic mass is 9.90. The Labute approximate surface area is 211 Å². The molecule has 2 fully saturated rings. The van der Waals surface area contributed by atoms with Crippen molar-refractivity contribution in [3.05, 3.63) is 80.5 Å². The van der Waals surface area contributed by atoms with Crippen LogP contribution in [0, 0.1) is 19.7 Å². The summed E-state index contributed by atoms with van der Waals surface area (Å²) in [5.41, 5.74) is 3.54. The summed E-state index contributed by atoms with van der Waals surface area (Å²) >= 11 is 6.00. The van der Waals surface area contributed by atoms with Crippen molar-refractivity contribution in [2.45, 2.75) is 44.8 Å². The molecule has 4 aromatic rings. The quantitative estimate of drug-likeness (QED) is 0.401. The highest BCUT2D eigenvalue weighted by Crippen LogP contribution is 2.38. The van der Waals surface area contributed by atoms with Crippen LogP contribution in [0.4, 0.5) is 4.39 Å². The number of aryl methyl sites for hydroxylation is 1. The maximum absolute atomic E-state index is 15.0. The number of hydrogen-bond donors (Lipinski definition) is 0. The topological polar surface area (TPSA) is 83.5 Å². The van der Waals surface area contributed by atoms with Gasteiger partial charge in [0, 0.05) is 52.3 Å². The molecular formula is C26H25ClFN5O3. The van der Waals surface area contributed by atoms with Gasteiger partial charge in [-0.15, -0.1) is 0 Å². The minimum Gasteiger partial charge on any atom is -0.377 e. The number of benzene rings is 1. The molecule has 0 radical (unpaired) electrons. The molecule has 186 valence electrons. The van der Waals surface area contributed by atoms with E-state index in [-0.39, 0.29) is 34.2 Å². The van der Waals surface area contributed by atoms with E-state index in [9.17, 15) is 4.79 Å². The van der Waals surface area contributed by atoms with E-state index in [0.717, 1.165) is 12.0 Å². The average molecular weight is 510 g/mol. The van der Waals surface area contributed by atoms with Crippen LogP contribution >= 0.6 is 11.6 Å². The summed E-state index contributed by atoms with van der Waals surface area (Å²) in [6.45, 7) is 5.39. The predicted molar refractivity (Wildman–Crippen MR) is 132 cm³/mol. The monoisotopic (exact) mass is 509 g/mol. The zero-order chi connectivity index (χ0) is 25.0. The van der Waals surface area contributed by atoms with E-state index < -0.39 is 5.82 Å². The third kappa shape index (κ3) is 4.01. The number of hydrogen-bond acceptors (Lipinski definition) is 6. The highest BCUT2D eigenvalue weighted by molar-refractivity contribution is 6.30. The third-order valence-electron chi connectivity index (χ3n) is 7.17. The fraction of sp³-hybridized carbons (Fsp3) is 0.385. The Morgan fingerprint density at radius 2 is 2.00 bits per heavy atom. The van der Waals surface area contributed by atoms with Gasteiger partial charge in [-0.1, -0.05) is 11.6 Å². The zero-order valence-electron chi connectivity index (χ0n) is 19.9. The molecule has 36 heavy (non-hydrogen) atoms. The van der Waals surface area contributed by atoms with Crippen LogP contribution < -0.4 is 5.56 Å². The highest BCUT2D eigenvalue weighted by atomic mass is 35.5. The Balaban J connectivity index is 1.43. The summed E-state index contributed by atoms with van der Waals surface area (Å²) in [5.74, 6) is -0.509.